The first-order valence-electron chi connectivity index (χ1n) is 5.32. The van der Waals surface area contributed by atoms with Crippen LogP contribution >= 0.6 is 0 Å². The highest BCUT2D eigenvalue weighted by Crippen LogP contribution is 2.28. The normalized spacial score (nSPS) is 10.8. The van der Waals surface area contributed by atoms with Gasteiger partial charge >= 0.3 is 5.97 Å². The predicted octanol–water partition coefficient (Wildman–Crippen LogP) is 0.706. The van der Waals surface area contributed by atoms with Crippen LogP contribution in [0.15, 0.2) is 18.2 Å². The zero-order valence-corrected chi connectivity index (χ0v) is 11.4. The molecular weight excluding hydrogens is 274 g/mol. The van der Waals surface area contributed by atoms with Crippen molar-refractivity contribution in [2.45, 2.75) is 6.42 Å². The number of ether oxygens (including phenoxy) is 2. The summed E-state index contributed by atoms with van der Waals surface area (Å²) in [7, 11) is -1.16. The van der Waals surface area contributed by atoms with Crippen molar-refractivity contribution in [1.82, 2.24) is 0 Å². The maximum absolute atomic E-state index is 11.7. The molecule has 0 fully saturated rings. The number of hydrogen-bond donors (Lipinski definition) is 2. The Bertz CT molecular complexity index is 554. The molecule has 1 aromatic carbocycles. The van der Waals surface area contributed by atoms with E-state index in [-0.39, 0.29) is 17.9 Å². The monoisotopic (exact) mass is 289 g/mol. The van der Waals surface area contributed by atoms with Gasteiger partial charge in [0.2, 0.25) is 10.0 Å². The number of phenolic OH excluding ortho intramolecular Hbond substituents is 1. The van der Waals surface area contributed by atoms with Crippen molar-refractivity contribution in [1.29, 1.82) is 0 Å². The van der Waals surface area contributed by atoms with Gasteiger partial charge in [-0.05, 0) is 12.1 Å². The maximum atomic E-state index is 11.7. The number of esters is 1. The fraction of sp³-hybridized carbons (Fsp3) is 0.364. The summed E-state index contributed by atoms with van der Waals surface area (Å²) in [6, 6.07) is 4.13. The molecule has 0 atom stereocenters. The van der Waals surface area contributed by atoms with Crippen LogP contribution in [0.25, 0.3) is 0 Å². The van der Waals surface area contributed by atoms with E-state index in [1.165, 1.54) is 32.4 Å². The summed E-state index contributed by atoms with van der Waals surface area (Å²) in [6.45, 7) is 0. The molecule has 0 saturated carbocycles. The van der Waals surface area contributed by atoms with Crippen LogP contribution in [0.3, 0.4) is 0 Å². The number of sulfonamides is 1. The number of phenols is 1. The second-order valence-corrected chi connectivity index (χ2v) is 5.47. The van der Waals surface area contributed by atoms with Gasteiger partial charge in [0.15, 0.2) is 0 Å². The zero-order chi connectivity index (χ0) is 14.5. The molecule has 0 aromatic heterocycles. The first kappa shape index (κ1) is 15.1. The summed E-state index contributed by atoms with van der Waals surface area (Å²) in [5.74, 6) is -0.901. The molecule has 8 heteroatoms. The third-order valence-electron chi connectivity index (χ3n) is 2.27. The summed E-state index contributed by atoms with van der Waals surface area (Å²) < 4.78 is 34.9. The molecule has 1 aromatic rings. The number of carbonyl (C=O) groups is 1. The molecule has 0 amide bonds. The van der Waals surface area contributed by atoms with Gasteiger partial charge in [-0.15, -0.1) is 0 Å². The van der Waals surface area contributed by atoms with E-state index >= 15 is 0 Å². The van der Waals surface area contributed by atoms with Crippen LogP contribution in [0.4, 0.5) is 5.69 Å². The fourth-order valence-corrected chi connectivity index (χ4v) is 2.30. The Morgan fingerprint density at radius 1 is 1.37 bits per heavy atom. The number of carbonyl (C=O) groups excluding carboxylic acids is 1. The van der Waals surface area contributed by atoms with Crippen LogP contribution in [0, 0.1) is 0 Å². The van der Waals surface area contributed by atoms with Gasteiger partial charge in [0.1, 0.15) is 11.5 Å². The van der Waals surface area contributed by atoms with Gasteiger partial charge in [0.25, 0.3) is 0 Å². The highest BCUT2D eigenvalue weighted by Gasteiger charge is 2.16. The number of rotatable bonds is 6. The van der Waals surface area contributed by atoms with Crippen molar-refractivity contribution in [2.24, 2.45) is 0 Å². The summed E-state index contributed by atoms with van der Waals surface area (Å²) in [4.78, 5) is 10.9. The Kier molecular flexibility index (Phi) is 4.99. The summed E-state index contributed by atoms with van der Waals surface area (Å²) in [5, 5.41) is 9.54. The number of nitrogens with one attached hydrogen (secondary N) is 1. The topological polar surface area (TPSA) is 102 Å². The molecule has 0 heterocycles. The van der Waals surface area contributed by atoms with Crippen molar-refractivity contribution in [3.05, 3.63) is 18.2 Å². The number of anilines is 1. The highest BCUT2D eigenvalue weighted by atomic mass is 32.2. The van der Waals surface area contributed by atoms with Gasteiger partial charge in [-0.2, -0.15) is 0 Å². The fourth-order valence-electron chi connectivity index (χ4n) is 1.26. The van der Waals surface area contributed by atoms with Crippen LogP contribution in [0.5, 0.6) is 11.5 Å². The van der Waals surface area contributed by atoms with E-state index in [2.05, 4.69) is 9.46 Å². The second-order valence-electron chi connectivity index (χ2n) is 3.63. The van der Waals surface area contributed by atoms with Gasteiger partial charge in [-0.3, -0.25) is 9.52 Å². The average Bonchev–Trinajstić information content (AvgIpc) is 2.38. The Labute approximate surface area is 111 Å². The van der Waals surface area contributed by atoms with Gasteiger partial charge in [-0.25, -0.2) is 8.42 Å². The molecule has 0 saturated heterocycles. The van der Waals surface area contributed by atoms with E-state index in [1.54, 1.807) is 0 Å². The van der Waals surface area contributed by atoms with E-state index in [0.29, 0.717) is 5.75 Å². The smallest absolute Gasteiger partial charge is 0.306 e. The first-order chi connectivity index (χ1) is 8.88. The molecule has 0 aliphatic carbocycles. The van der Waals surface area contributed by atoms with Crippen molar-refractivity contribution < 1.29 is 27.8 Å². The minimum absolute atomic E-state index is 0.00999. The lowest BCUT2D eigenvalue weighted by atomic mass is 10.3. The Balaban J connectivity index is 2.80. The molecule has 0 spiro atoms. The SMILES string of the molecule is COC(=O)CCS(=O)(=O)Nc1cc(OC)ccc1O. The van der Waals surface area contributed by atoms with Crippen LogP contribution < -0.4 is 9.46 Å². The highest BCUT2D eigenvalue weighted by molar-refractivity contribution is 7.92. The van der Waals surface area contributed by atoms with Crippen LogP contribution in [-0.4, -0.2) is 39.5 Å². The number of hydrogen-bond acceptors (Lipinski definition) is 6. The Morgan fingerprint density at radius 2 is 2.05 bits per heavy atom. The minimum atomic E-state index is -3.75. The van der Waals surface area contributed by atoms with E-state index in [0.717, 1.165) is 0 Å². The molecule has 19 heavy (non-hydrogen) atoms. The van der Waals surface area contributed by atoms with Gasteiger partial charge in [0.05, 0.1) is 32.1 Å². The number of aromatic hydroxyl groups is 1. The number of benzene rings is 1. The van der Waals surface area contributed by atoms with Gasteiger partial charge < -0.3 is 14.6 Å². The van der Waals surface area contributed by atoms with E-state index in [1.807, 2.05) is 0 Å². The van der Waals surface area contributed by atoms with E-state index in [4.69, 9.17) is 4.74 Å². The Hall–Kier alpha value is -1.96. The van der Waals surface area contributed by atoms with E-state index in [9.17, 15) is 18.3 Å². The van der Waals surface area contributed by atoms with Crippen molar-refractivity contribution in [3.63, 3.8) is 0 Å². The van der Waals surface area contributed by atoms with Crippen molar-refractivity contribution >= 4 is 21.7 Å². The lowest BCUT2D eigenvalue weighted by Crippen LogP contribution is -2.19. The maximum Gasteiger partial charge on any atom is 0.306 e. The summed E-state index contributed by atoms with van der Waals surface area (Å²) in [6.07, 6.45) is -0.267. The van der Waals surface area contributed by atoms with Crippen LogP contribution in [0.2, 0.25) is 0 Å². The quantitative estimate of drug-likeness (QED) is 0.590. The molecule has 7 nitrogen and oxygen atoms in total. The standard InChI is InChI=1S/C11H15NO6S/c1-17-8-3-4-10(13)9(7-8)12-19(15,16)6-5-11(14)18-2/h3-4,7,12-13H,5-6H2,1-2H3. The third kappa shape index (κ3) is 4.66. The Morgan fingerprint density at radius 3 is 2.63 bits per heavy atom. The van der Waals surface area contributed by atoms with Crippen molar-refractivity contribution in [3.8, 4) is 11.5 Å². The van der Waals surface area contributed by atoms with E-state index < -0.39 is 21.7 Å². The summed E-state index contributed by atoms with van der Waals surface area (Å²) >= 11 is 0. The molecule has 0 bridgehead atoms. The molecule has 0 unspecified atom stereocenters. The lowest BCUT2D eigenvalue weighted by molar-refractivity contribution is -0.140. The van der Waals surface area contributed by atoms with Crippen molar-refractivity contribution in [2.75, 3.05) is 24.7 Å². The third-order valence-corrected chi connectivity index (χ3v) is 3.54. The molecule has 0 radical (unpaired) electrons. The van der Waals surface area contributed by atoms with Crippen LogP contribution in [0.1, 0.15) is 6.42 Å². The molecule has 106 valence electrons. The number of methoxy groups -OCH3 is 2. The molecular formula is C11H15NO6S. The first-order valence-corrected chi connectivity index (χ1v) is 6.97. The molecule has 1 rings (SSSR count). The average molecular weight is 289 g/mol. The molecule has 0 aliphatic rings. The molecule has 2 N–H and O–H groups in total. The summed E-state index contributed by atoms with van der Waals surface area (Å²) in [5.41, 5.74) is -0.00999. The minimum Gasteiger partial charge on any atom is -0.506 e. The van der Waals surface area contributed by atoms with Gasteiger partial charge in [-0.1, -0.05) is 0 Å². The van der Waals surface area contributed by atoms with Crippen LogP contribution in [-0.2, 0) is 19.6 Å². The zero-order valence-electron chi connectivity index (χ0n) is 10.5. The van der Waals surface area contributed by atoms with Gasteiger partial charge in [0, 0.05) is 6.07 Å². The largest absolute Gasteiger partial charge is 0.506 e. The molecule has 0 aliphatic heterocycles. The lowest BCUT2D eigenvalue weighted by Gasteiger charge is -2.10. The predicted molar refractivity (Wildman–Crippen MR) is 68.7 cm³/mol. The second kappa shape index (κ2) is 6.28.